The van der Waals surface area contributed by atoms with Crippen LogP contribution in [0.25, 0.3) is 17.0 Å². The van der Waals surface area contributed by atoms with Crippen LogP contribution in [0.5, 0.6) is 0 Å². The number of fused-ring (bicyclic) bond motifs is 2. The van der Waals surface area contributed by atoms with E-state index in [0.717, 1.165) is 30.0 Å². The van der Waals surface area contributed by atoms with Crippen LogP contribution in [-0.2, 0) is 6.42 Å². The molecule has 88 valence electrons. The molecule has 0 bridgehead atoms. The number of nitrogens with one attached hydrogen (secondary N) is 1. The van der Waals surface area contributed by atoms with E-state index < -0.39 is 0 Å². The van der Waals surface area contributed by atoms with Crippen molar-refractivity contribution in [1.29, 1.82) is 0 Å². The van der Waals surface area contributed by atoms with E-state index >= 15 is 0 Å². The van der Waals surface area contributed by atoms with Crippen LogP contribution in [0.2, 0.25) is 0 Å². The summed E-state index contributed by atoms with van der Waals surface area (Å²) >= 11 is 0. The monoisotopic (exact) mass is 237 g/mol. The van der Waals surface area contributed by atoms with E-state index in [1.807, 2.05) is 12.1 Å². The minimum atomic E-state index is 0.770. The standard InChI is InChI=1S/C13H11N5/c1-2-12-16-17-13(18(12)15-6-1)10-3-4-11-9(8-10)5-7-14-11/h1-4,6,8,14H,5,7H2. The smallest absolute Gasteiger partial charge is 0.185 e. The highest BCUT2D eigenvalue weighted by Crippen LogP contribution is 2.27. The Hall–Kier alpha value is -2.43. The summed E-state index contributed by atoms with van der Waals surface area (Å²) in [5.41, 5.74) is 4.38. The van der Waals surface area contributed by atoms with Gasteiger partial charge >= 0.3 is 0 Å². The lowest BCUT2D eigenvalue weighted by atomic mass is 10.1. The zero-order valence-electron chi connectivity index (χ0n) is 9.67. The average molecular weight is 237 g/mol. The van der Waals surface area contributed by atoms with Crippen LogP contribution in [0.4, 0.5) is 5.69 Å². The molecule has 0 aliphatic carbocycles. The lowest BCUT2D eigenvalue weighted by molar-refractivity contribution is 0.935. The fraction of sp³-hybridized carbons (Fsp3) is 0.154. The number of hydrogen-bond donors (Lipinski definition) is 1. The zero-order valence-corrected chi connectivity index (χ0v) is 9.67. The molecule has 18 heavy (non-hydrogen) atoms. The van der Waals surface area contributed by atoms with Crippen LogP contribution in [0.3, 0.4) is 0 Å². The molecule has 1 aromatic carbocycles. The van der Waals surface area contributed by atoms with Gasteiger partial charge in [-0.1, -0.05) is 0 Å². The maximum Gasteiger partial charge on any atom is 0.185 e. The minimum Gasteiger partial charge on any atom is -0.384 e. The van der Waals surface area contributed by atoms with E-state index in [1.165, 1.54) is 11.3 Å². The molecule has 0 saturated carbocycles. The largest absolute Gasteiger partial charge is 0.384 e. The molecule has 1 aliphatic rings. The first kappa shape index (κ1) is 9.58. The first-order valence-electron chi connectivity index (χ1n) is 5.95. The second-order valence-electron chi connectivity index (χ2n) is 4.37. The van der Waals surface area contributed by atoms with Gasteiger partial charge in [-0.3, -0.25) is 0 Å². The van der Waals surface area contributed by atoms with E-state index in [9.17, 15) is 0 Å². The molecular weight excluding hydrogens is 226 g/mol. The van der Waals surface area contributed by atoms with Crippen LogP contribution >= 0.6 is 0 Å². The van der Waals surface area contributed by atoms with Gasteiger partial charge in [-0.25, -0.2) is 0 Å². The van der Waals surface area contributed by atoms with E-state index in [4.69, 9.17) is 0 Å². The van der Waals surface area contributed by atoms with Crippen molar-refractivity contribution in [2.24, 2.45) is 0 Å². The van der Waals surface area contributed by atoms with Gasteiger partial charge in [-0.05, 0) is 42.3 Å². The quantitative estimate of drug-likeness (QED) is 0.700. The Morgan fingerprint density at radius 2 is 2.17 bits per heavy atom. The Morgan fingerprint density at radius 3 is 3.17 bits per heavy atom. The van der Waals surface area contributed by atoms with Crippen LogP contribution in [0.1, 0.15) is 5.56 Å². The third-order valence-electron chi connectivity index (χ3n) is 3.25. The maximum absolute atomic E-state index is 4.29. The Balaban J connectivity index is 1.92. The third kappa shape index (κ3) is 1.30. The van der Waals surface area contributed by atoms with E-state index in [0.29, 0.717) is 0 Å². The molecule has 3 heterocycles. The Bertz CT molecular complexity index is 731. The Kier molecular flexibility index (Phi) is 1.88. The number of nitrogens with zero attached hydrogens (tertiary/aromatic N) is 4. The van der Waals surface area contributed by atoms with Crippen LogP contribution in [0, 0.1) is 0 Å². The van der Waals surface area contributed by atoms with Gasteiger partial charge in [0.15, 0.2) is 11.5 Å². The van der Waals surface area contributed by atoms with Crippen molar-refractivity contribution in [3.05, 3.63) is 42.1 Å². The van der Waals surface area contributed by atoms with Gasteiger partial charge in [0.05, 0.1) is 0 Å². The maximum atomic E-state index is 4.29. The molecule has 0 spiro atoms. The molecule has 2 aromatic heterocycles. The van der Waals surface area contributed by atoms with E-state index in [-0.39, 0.29) is 0 Å². The van der Waals surface area contributed by atoms with Gasteiger partial charge in [0.25, 0.3) is 0 Å². The Morgan fingerprint density at radius 1 is 1.17 bits per heavy atom. The summed E-state index contributed by atoms with van der Waals surface area (Å²) < 4.78 is 1.77. The van der Waals surface area contributed by atoms with Crippen molar-refractivity contribution >= 4 is 11.3 Å². The van der Waals surface area contributed by atoms with Crippen LogP contribution in [-0.4, -0.2) is 26.4 Å². The van der Waals surface area contributed by atoms with Crippen molar-refractivity contribution in [1.82, 2.24) is 19.8 Å². The summed E-state index contributed by atoms with van der Waals surface area (Å²) in [6, 6.07) is 10.1. The molecule has 4 rings (SSSR count). The average Bonchev–Trinajstić information content (AvgIpc) is 3.04. The summed E-state index contributed by atoms with van der Waals surface area (Å²) in [6.07, 6.45) is 2.81. The number of rotatable bonds is 1. The predicted molar refractivity (Wildman–Crippen MR) is 68.4 cm³/mol. The normalized spacial score (nSPS) is 13.6. The number of aromatic nitrogens is 4. The first-order valence-corrected chi connectivity index (χ1v) is 5.95. The highest BCUT2D eigenvalue weighted by Gasteiger charge is 2.14. The van der Waals surface area contributed by atoms with Crippen LogP contribution < -0.4 is 5.32 Å². The molecule has 5 nitrogen and oxygen atoms in total. The molecule has 0 radical (unpaired) electrons. The molecule has 0 fully saturated rings. The van der Waals surface area contributed by atoms with Gasteiger partial charge in [0, 0.05) is 24.0 Å². The molecule has 0 atom stereocenters. The molecule has 1 aliphatic heterocycles. The van der Waals surface area contributed by atoms with Crippen molar-refractivity contribution in [3.8, 4) is 11.4 Å². The lowest BCUT2D eigenvalue weighted by Crippen LogP contribution is -1.94. The summed E-state index contributed by atoms with van der Waals surface area (Å²) in [7, 11) is 0. The van der Waals surface area contributed by atoms with E-state index in [2.05, 4.69) is 38.8 Å². The van der Waals surface area contributed by atoms with Gasteiger partial charge in [0.2, 0.25) is 0 Å². The fourth-order valence-electron chi connectivity index (χ4n) is 2.37. The zero-order chi connectivity index (χ0) is 11.9. The van der Waals surface area contributed by atoms with Gasteiger partial charge in [-0.15, -0.1) is 10.2 Å². The molecule has 3 aromatic rings. The van der Waals surface area contributed by atoms with Crippen molar-refractivity contribution in [3.63, 3.8) is 0 Å². The number of hydrogen-bond acceptors (Lipinski definition) is 4. The van der Waals surface area contributed by atoms with Gasteiger partial charge in [0.1, 0.15) is 0 Å². The minimum absolute atomic E-state index is 0.770. The number of anilines is 1. The Labute approximate surface area is 103 Å². The summed E-state index contributed by atoms with van der Waals surface area (Å²) in [5.74, 6) is 0.792. The molecule has 0 amide bonds. The summed E-state index contributed by atoms with van der Waals surface area (Å²) in [5, 5.41) is 16.0. The highest BCUT2D eigenvalue weighted by molar-refractivity contribution is 5.67. The summed E-state index contributed by atoms with van der Waals surface area (Å²) in [4.78, 5) is 0. The molecular formula is C13H11N5. The molecule has 1 N–H and O–H groups in total. The van der Waals surface area contributed by atoms with Gasteiger partial charge < -0.3 is 5.32 Å². The summed E-state index contributed by atoms with van der Waals surface area (Å²) in [6.45, 7) is 1.01. The van der Waals surface area contributed by atoms with Crippen molar-refractivity contribution < 1.29 is 0 Å². The molecule has 5 heteroatoms. The molecule has 0 saturated heterocycles. The topological polar surface area (TPSA) is 55.1 Å². The van der Waals surface area contributed by atoms with Crippen molar-refractivity contribution in [2.45, 2.75) is 6.42 Å². The second kappa shape index (κ2) is 3.53. The lowest BCUT2D eigenvalue weighted by Gasteiger charge is -2.02. The fourth-order valence-corrected chi connectivity index (χ4v) is 2.37. The third-order valence-corrected chi connectivity index (χ3v) is 3.25. The van der Waals surface area contributed by atoms with Crippen LogP contribution in [0.15, 0.2) is 36.5 Å². The van der Waals surface area contributed by atoms with E-state index in [1.54, 1.807) is 10.7 Å². The predicted octanol–water partition coefficient (Wildman–Crippen LogP) is 1.76. The highest BCUT2D eigenvalue weighted by atomic mass is 15.4. The number of benzene rings is 1. The van der Waals surface area contributed by atoms with Gasteiger partial charge in [-0.2, -0.15) is 9.61 Å². The second-order valence-corrected chi connectivity index (χ2v) is 4.37. The van der Waals surface area contributed by atoms with Crippen molar-refractivity contribution in [2.75, 3.05) is 11.9 Å². The SMILES string of the molecule is c1cnn2c(-c3ccc4c(c3)CCN4)nnc2c1. The first-order chi connectivity index (χ1) is 8.92. The molecule has 0 unspecified atom stereocenters.